The first-order valence-electron chi connectivity index (χ1n) is 7.93. The molecule has 0 radical (unpaired) electrons. The summed E-state index contributed by atoms with van der Waals surface area (Å²) in [5.41, 5.74) is 0.868. The molecule has 0 bridgehead atoms. The van der Waals surface area contributed by atoms with E-state index in [1.165, 1.54) is 0 Å². The summed E-state index contributed by atoms with van der Waals surface area (Å²) in [5, 5.41) is 19.2. The third kappa shape index (κ3) is 3.80. The second kappa shape index (κ2) is 6.97. The second-order valence-corrected chi connectivity index (χ2v) is 5.90. The van der Waals surface area contributed by atoms with Crippen LogP contribution in [-0.2, 0) is 11.3 Å². The molecule has 7 nitrogen and oxygen atoms in total. The van der Waals surface area contributed by atoms with Gasteiger partial charge in [-0.05, 0) is 37.6 Å². The van der Waals surface area contributed by atoms with E-state index in [4.69, 9.17) is 9.52 Å². The molecule has 3 N–H and O–H groups in total. The van der Waals surface area contributed by atoms with E-state index >= 15 is 0 Å². The number of aromatic amines is 1. The lowest BCUT2D eigenvalue weighted by Crippen LogP contribution is -2.53. The molecule has 0 unspecified atom stereocenters. The van der Waals surface area contributed by atoms with E-state index in [-0.39, 0.29) is 6.54 Å². The molecule has 1 aliphatic rings. The van der Waals surface area contributed by atoms with Crippen LogP contribution in [0, 0.1) is 0 Å². The standard InChI is InChI=1S/C16H22N4O3/c1-2-20(10-16(21)22)12-7-11(8-12)17-9-13-3-4-15(23-13)14-5-6-18-19-14/h3-6,11-12,17H,2,7-10H2,1H3,(H,18,19)(H,21,22). The normalized spacial score (nSPS) is 20.6. The van der Waals surface area contributed by atoms with Gasteiger partial charge in [0.1, 0.15) is 11.5 Å². The average Bonchev–Trinajstić information content (AvgIpc) is 3.14. The van der Waals surface area contributed by atoms with Crippen LogP contribution in [0.1, 0.15) is 25.5 Å². The van der Waals surface area contributed by atoms with Crippen LogP contribution in [0.5, 0.6) is 0 Å². The summed E-state index contributed by atoms with van der Waals surface area (Å²) in [4.78, 5) is 12.8. The van der Waals surface area contributed by atoms with Crippen LogP contribution < -0.4 is 5.32 Å². The number of rotatable bonds is 8. The quantitative estimate of drug-likeness (QED) is 0.686. The highest BCUT2D eigenvalue weighted by atomic mass is 16.4. The van der Waals surface area contributed by atoms with Gasteiger partial charge in [-0.15, -0.1) is 0 Å². The summed E-state index contributed by atoms with van der Waals surface area (Å²) in [6.45, 7) is 3.58. The lowest BCUT2D eigenvalue weighted by molar-refractivity contribution is -0.139. The Morgan fingerprint density at radius 3 is 2.96 bits per heavy atom. The van der Waals surface area contributed by atoms with Crippen LogP contribution in [0.15, 0.2) is 28.8 Å². The minimum Gasteiger partial charge on any atom is -0.480 e. The number of aromatic nitrogens is 2. The van der Waals surface area contributed by atoms with Crippen molar-refractivity contribution in [3.63, 3.8) is 0 Å². The van der Waals surface area contributed by atoms with Gasteiger partial charge in [-0.3, -0.25) is 14.8 Å². The highest BCUT2D eigenvalue weighted by Gasteiger charge is 2.33. The number of H-pyrrole nitrogens is 1. The summed E-state index contributed by atoms with van der Waals surface area (Å²) in [5.74, 6) is 0.908. The Bertz CT molecular complexity index is 632. The maximum Gasteiger partial charge on any atom is 0.317 e. The highest BCUT2D eigenvalue weighted by molar-refractivity contribution is 5.69. The van der Waals surface area contributed by atoms with Gasteiger partial charge < -0.3 is 14.8 Å². The molecule has 1 fully saturated rings. The maximum atomic E-state index is 10.8. The van der Waals surface area contributed by atoms with Crippen LogP contribution in [0.2, 0.25) is 0 Å². The summed E-state index contributed by atoms with van der Waals surface area (Å²) in [6.07, 6.45) is 3.66. The van der Waals surface area contributed by atoms with E-state index in [0.717, 1.165) is 36.6 Å². The number of nitrogens with zero attached hydrogens (tertiary/aromatic N) is 2. The first-order chi connectivity index (χ1) is 11.2. The molecule has 0 aromatic carbocycles. The van der Waals surface area contributed by atoms with Gasteiger partial charge in [0.05, 0.1) is 13.1 Å². The Labute approximate surface area is 134 Å². The molecule has 0 aliphatic heterocycles. The molecule has 2 heterocycles. The highest BCUT2D eigenvalue weighted by Crippen LogP contribution is 2.26. The molecule has 0 amide bonds. The number of aliphatic carboxylic acids is 1. The van der Waals surface area contributed by atoms with Crippen molar-refractivity contribution in [2.24, 2.45) is 0 Å². The average molecular weight is 318 g/mol. The topological polar surface area (TPSA) is 94.4 Å². The fraction of sp³-hybridized carbons (Fsp3) is 0.500. The van der Waals surface area contributed by atoms with Crippen molar-refractivity contribution in [1.82, 2.24) is 20.4 Å². The molecule has 124 valence electrons. The zero-order valence-corrected chi connectivity index (χ0v) is 13.2. The molecule has 1 saturated carbocycles. The first-order valence-corrected chi connectivity index (χ1v) is 7.93. The van der Waals surface area contributed by atoms with Gasteiger partial charge in [0.2, 0.25) is 0 Å². The molecular formula is C16H22N4O3. The monoisotopic (exact) mass is 318 g/mol. The molecule has 0 spiro atoms. The molecule has 0 atom stereocenters. The third-order valence-corrected chi connectivity index (χ3v) is 4.37. The lowest BCUT2D eigenvalue weighted by Gasteiger charge is -2.42. The van der Waals surface area contributed by atoms with Crippen molar-refractivity contribution in [1.29, 1.82) is 0 Å². The number of hydrogen-bond acceptors (Lipinski definition) is 5. The Balaban J connectivity index is 1.43. The van der Waals surface area contributed by atoms with Crippen LogP contribution in [0.3, 0.4) is 0 Å². The van der Waals surface area contributed by atoms with Crippen molar-refractivity contribution in [3.05, 3.63) is 30.2 Å². The van der Waals surface area contributed by atoms with Crippen LogP contribution in [0.4, 0.5) is 0 Å². The van der Waals surface area contributed by atoms with Crippen LogP contribution >= 0.6 is 0 Å². The number of carboxylic acids is 1. The van der Waals surface area contributed by atoms with E-state index in [0.29, 0.717) is 18.6 Å². The smallest absolute Gasteiger partial charge is 0.317 e. The number of nitrogens with one attached hydrogen (secondary N) is 2. The summed E-state index contributed by atoms with van der Waals surface area (Å²) < 4.78 is 5.77. The van der Waals surface area contributed by atoms with Crippen LogP contribution in [0.25, 0.3) is 11.5 Å². The minimum absolute atomic E-state index is 0.125. The van der Waals surface area contributed by atoms with E-state index in [2.05, 4.69) is 15.5 Å². The van der Waals surface area contributed by atoms with E-state index in [1.807, 2.05) is 30.0 Å². The third-order valence-electron chi connectivity index (χ3n) is 4.37. The molecule has 7 heteroatoms. The van der Waals surface area contributed by atoms with E-state index in [9.17, 15) is 4.79 Å². The van der Waals surface area contributed by atoms with Gasteiger partial charge in [0.15, 0.2) is 5.76 Å². The van der Waals surface area contributed by atoms with Crippen LogP contribution in [-0.4, -0.2) is 51.3 Å². The zero-order chi connectivity index (χ0) is 16.2. The molecule has 2 aromatic heterocycles. The summed E-state index contributed by atoms with van der Waals surface area (Å²) in [6, 6.07) is 6.55. The maximum absolute atomic E-state index is 10.8. The second-order valence-electron chi connectivity index (χ2n) is 5.90. The fourth-order valence-corrected chi connectivity index (χ4v) is 2.98. The van der Waals surface area contributed by atoms with E-state index < -0.39 is 5.97 Å². The molecule has 23 heavy (non-hydrogen) atoms. The Kier molecular flexibility index (Phi) is 4.78. The number of hydrogen-bond donors (Lipinski definition) is 3. The first kappa shape index (κ1) is 15.8. The van der Waals surface area contributed by atoms with Gasteiger partial charge >= 0.3 is 5.97 Å². The molecule has 0 saturated heterocycles. The summed E-state index contributed by atoms with van der Waals surface area (Å²) in [7, 11) is 0. The number of likely N-dealkylation sites (N-methyl/N-ethyl adjacent to an activating group) is 1. The van der Waals surface area contributed by atoms with Crippen molar-refractivity contribution in [2.75, 3.05) is 13.1 Å². The number of carbonyl (C=O) groups is 1. The largest absolute Gasteiger partial charge is 0.480 e. The zero-order valence-electron chi connectivity index (χ0n) is 13.2. The lowest BCUT2D eigenvalue weighted by atomic mass is 9.85. The fourth-order valence-electron chi connectivity index (χ4n) is 2.98. The number of carboxylic acid groups (broad SMARTS) is 1. The molecule has 3 rings (SSSR count). The number of furan rings is 1. The van der Waals surface area contributed by atoms with Crippen molar-refractivity contribution < 1.29 is 14.3 Å². The Morgan fingerprint density at radius 1 is 1.48 bits per heavy atom. The predicted molar refractivity (Wildman–Crippen MR) is 84.8 cm³/mol. The van der Waals surface area contributed by atoms with Gasteiger partial charge in [0, 0.05) is 18.3 Å². The van der Waals surface area contributed by atoms with Gasteiger partial charge in [-0.1, -0.05) is 6.92 Å². The van der Waals surface area contributed by atoms with Crippen molar-refractivity contribution in [3.8, 4) is 11.5 Å². The molecule has 1 aliphatic carbocycles. The Hall–Kier alpha value is -2.12. The van der Waals surface area contributed by atoms with Crippen molar-refractivity contribution in [2.45, 2.75) is 38.4 Å². The minimum atomic E-state index is -0.759. The molecular weight excluding hydrogens is 296 g/mol. The Morgan fingerprint density at radius 2 is 2.30 bits per heavy atom. The van der Waals surface area contributed by atoms with Gasteiger partial charge in [-0.2, -0.15) is 5.10 Å². The van der Waals surface area contributed by atoms with Gasteiger partial charge in [0.25, 0.3) is 0 Å². The van der Waals surface area contributed by atoms with Crippen molar-refractivity contribution >= 4 is 5.97 Å². The van der Waals surface area contributed by atoms with Gasteiger partial charge in [-0.25, -0.2) is 0 Å². The predicted octanol–water partition coefficient (Wildman–Crippen LogP) is 1.70. The summed E-state index contributed by atoms with van der Waals surface area (Å²) >= 11 is 0. The SMILES string of the molecule is CCN(CC(=O)O)C1CC(NCc2ccc(-c3ccn[nH]3)o2)C1. The molecule has 2 aromatic rings. The van der Waals surface area contributed by atoms with E-state index in [1.54, 1.807) is 6.20 Å².